The number of aromatic nitrogens is 2. The molecule has 2 aromatic heterocycles. The number of phenols is 1. The smallest absolute Gasteiger partial charge is 0.324 e. The molecular formula is C52H69N7O7. The highest BCUT2D eigenvalue weighted by Crippen LogP contribution is 2.43. The molecule has 5 heterocycles. The molecule has 1 saturated carbocycles. The summed E-state index contributed by atoms with van der Waals surface area (Å²) in [5, 5.41) is 20.5. The van der Waals surface area contributed by atoms with Crippen LogP contribution in [0.2, 0.25) is 0 Å². The summed E-state index contributed by atoms with van der Waals surface area (Å²) in [6.07, 6.45) is 7.09. The van der Waals surface area contributed by atoms with Crippen LogP contribution in [0.5, 0.6) is 5.75 Å². The molecule has 0 radical (unpaired) electrons. The minimum Gasteiger partial charge on any atom is -0.508 e. The maximum Gasteiger partial charge on any atom is 0.324 e. The highest BCUT2D eigenvalue weighted by atomic mass is 16.5. The average Bonchev–Trinajstić information content (AvgIpc) is 3.87. The van der Waals surface area contributed by atoms with Crippen LogP contribution in [0.4, 0.5) is 0 Å². The number of hydrogen-bond donors (Lipinski definition) is 4. The molecule has 1 unspecified atom stereocenters. The first-order valence-corrected chi connectivity index (χ1v) is 24.1. The quantitative estimate of drug-likeness (QED) is 0.133. The number of esters is 1. The third-order valence-corrected chi connectivity index (χ3v) is 14.6. The number of cyclic esters (lactones) is 1. The number of carbonyl (C=O) groups excluding carboxylic acids is 4. The lowest BCUT2D eigenvalue weighted by atomic mass is 9.84. The number of hydrogen-bond acceptors (Lipinski definition) is 10. The number of hydrazine groups is 1. The van der Waals surface area contributed by atoms with Gasteiger partial charge in [-0.05, 0) is 136 Å². The summed E-state index contributed by atoms with van der Waals surface area (Å²) in [6.45, 7) is 14.1. The molecule has 3 fully saturated rings. The first-order chi connectivity index (χ1) is 31.6. The van der Waals surface area contributed by atoms with Gasteiger partial charge >= 0.3 is 5.97 Å². The van der Waals surface area contributed by atoms with E-state index in [-0.39, 0.29) is 48.7 Å². The molecule has 2 saturated heterocycles. The molecule has 14 heteroatoms. The largest absolute Gasteiger partial charge is 0.508 e. The van der Waals surface area contributed by atoms with Gasteiger partial charge in [0.15, 0.2) is 0 Å². The fourth-order valence-corrected chi connectivity index (χ4v) is 11.3. The first-order valence-electron chi connectivity index (χ1n) is 24.1. The van der Waals surface area contributed by atoms with E-state index in [1.807, 2.05) is 39.0 Å². The molecule has 14 nitrogen and oxygen atoms in total. The number of fused-ring (bicyclic) bond motifs is 7. The predicted octanol–water partition coefficient (Wildman–Crippen LogP) is 6.71. The molecule has 3 amide bonds. The summed E-state index contributed by atoms with van der Waals surface area (Å²) in [5.74, 6) is -1.38. The zero-order chi connectivity index (χ0) is 47.0. The Hall–Kier alpha value is -5.31. The number of benzene rings is 2. The lowest BCUT2D eigenvalue weighted by Gasteiger charge is -2.38. The minimum absolute atomic E-state index is 0.0201. The van der Waals surface area contributed by atoms with Crippen molar-refractivity contribution in [2.24, 2.45) is 23.2 Å². The number of nitrogens with zero attached hydrogens (tertiary/aromatic N) is 4. The zero-order valence-corrected chi connectivity index (χ0v) is 40.0. The van der Waals surface area contributed by atoms with Crippen molar-refractivity contribution in [2.75, 3.05) is 33.9 Å². The van der Waals surface area contributed by atoms with Gasteiger partial charge < -0.3 is 34.7 Å². The highest BCUT2D eigenvalue weighted by molar-refractivity contribution is 5.96. The average molecular weight is 904 g/mol. The number of likely N-dealkylation sites (N-methyl/N-ethyl adjacent to an activating group) is 1. The van der Waals surface area contributed by atoms with Crippen LogP contribution in [0.25, 0.3) is 33.3 Å². The van der Waals surface area contributed by atoms with Crippen LogP contribution in [-0.4, -0.2) is 106 Å². The van der Waals surface area contributed by atoms with Crippen LogP contribution in [0.3, 0.4) is 0 Å². The number of ether oxygens (including phenoxy) is 2. The summed E-state index contributed by atoms with van der Waals surface area (Å²) in [7, 11) is 3.39. The van der Waals surface area contributed by atoms with Gasteiger partial charge in [0.1, 0.15) is 23.9 Å². The number of phenolic OH excluding ortho intramolecular Hbond substituents is 1. The van der Waals surface area contributed by atoms with Crippen molar-refractivity contribution in [3.63, 3.8) is 0 Å². The van der Waals surface area contributed by atoms with Gasteiger partial charge in [-0.1, -0.05) is 39.8 Å². The Bertz CT molecular complexity index is 2460. The highest BCUT2D eigenvalue weighted by Gasteiger charge is 2.45. The van der Waals surface area contributed by atoms with Gasteiger partial charge in [0.05, 0.1) is 30.0 Å². The van der Waals surface area contributed by atoms with E-state index in [0.717, 1.165) is 76.8 Å². The lowest BCUT2D eigenvalue weighted by molar-refractivity contribution is -0.155. The van der Waals surface area contributed by atoms with E-state index in [0.29, 0.717) is 43.8 Å². The second kappa shape index (κ2) is 19.5. The number of methoxy groups -OCH3 is 1. The Morgan fingerprint density at radius 2 is 1.85 bits per heavy atom. The third-order valence-electron chi connectivity index (χ3n) is 14.6. The normalized spacial score (nSPS) is 24.3. The number of piperidine rings is 1. The second-order valence-corrected chi connectivity index (χ2v) is 20.2. The van der Waals surface area contributed by atoms with Crippen molar-refractivity contribution >= 4 is 34.6 Å². The van der Waals surface area contributed by atoms with E-state index in [1.165, 1.54) is 5.01 Å². The molecule has 4 N–H and O–H groups in total. The molecule has 6 bridgehead atoms. The Kier molecular flexibility index (Phi) is 13.9. The predicted molar refractivity (Wildman–Crippen MR) is 254 cm³/mol. The zero-order valence-electron chi connectivity index (χ0n) is 40.0. The fourth-order valence-electron chi connectivity index (χ4n) is 11.3. The van der Waals surface area contributed by atoms with Gasteiger partial charge in [-0.3, -0.25) is 29.2 Å². The molecule has 0 spiro atoms. The molecule has 4 aliphatic rings. The van der Waals surface area contributed by atoms with Crippen LogP contribution in [0.1, 0.15) is 103 Å². The summed E-state index contributed by atoms with van der Waals surface area (Å²) >= 11 is 0. The van der Waals surface area contributed by atoms with Crippen molar-refractivity contribution in [1.29, 1.82) is 0 Å². The molecule has 3 aliphatic heterocycles. The monoisotopic (exact) mass is 904 g/mol. The SMILES string of the molecule is CCn1c(-c2cccnc2[C@H](C)OC)c2c3cc(ccc31)-c1cc(O)cc(c1)C[C@H](NC(=O)C(C(C)C)N(C)C(=O)[C@H]1CC[C@@H]3CCCN[C@H]31)C(=O)N1CCC[C@H](N1)C(=O)OCC(C)(C)C2. The van der Waals surface area contributed by atoms with Crippen LogP contribution in [0, 0.1) is 23.2 Å². The Labute approximate surface area is 389 Å². The summed E-state index contributed by atoms with van der Waals surface area (Å²) < 4.78 is 14.3. The van der Waals surface area contributed by atoms with Crippen molar-refractivity contribution in [1.82, 2.24) is 35.5 Å². The maximum atomic E-state index is 14.8. The van der Waals surface area contributed by atoms with E-state index in [9.17, 15) is 24.3 Å². The number of carbonyl (C=O) groups is 4. The summed E-state index contributed by atoms with van der Waals surface area (Å²) in [5.41, 5.74) is 9.78. The van der Waals surface area contributed by atoms with Crippen molar-refractivity contribution in [2.45, 2.75) is 130 Å². The van der Waals surface area contributed by atoms with E-state index in [2.05, 4.69) is 59.6 Å². The molecule has 1 aliphatic carbocycles. The van der Waals surface area contributed by atoms with Crippen molar-refractivity contribution in [3.05, 3.63) is 71.5 Å². The maximum absolute atomic E-state index is 14.8. The van der Waals surface area contributed by atoms with E-state index in [1.54, 1.807) is 37.4 Å². The van der Waals surface area contributed by atoms with Gasteiger partial charge in [-0.25, -0.2) is 5.43 Å². The molecule has 2 aromatic carbocycles. The van der Waals surface area contributed by atoms with E-state index in [4.69, 9.17) is 14.5 Å². The van der Waals surface area contributed by atoms with E-state index < -0.39 is 41.3 Å². The topological polar surface area (TPSA) is 167 Å². The number of amides is 3. The number of aryl methyl sites for hydroxylation is 1. The van der Waals surface area contributed by atoms with Gasteiger partial charge in [-0.2, -0.15) is 0 Å². The van der Waals surface area contributed by atoms with Crippen molar-refractivity contribution in [3.8, 4) is 28.1 Å². The molecule has 354 valence electrons. The van der Waals surface area contributed by atoms with E-state index >= 15 is 0 Å². The van der Waals surface area contributed by atoms with Crippen LogP contribution in [-0.2, 0) is 48.0 Å². The van der Waals surface area contributed by atoms with Crippen LogP contribution >= 0.6 is 0 Å². The Morgan fingerprint density at radius 1 is 1.05 bits per heavy atom. The minimum atomic E-state index is -1.11. The standard InChI is InChI=1S/C52H69N7O7/c1-9-58-43-19-17-34-27-39(43)40(47(58)37-14-11-21-53-44(37)31(4)65-8)28-52(5,6)29-66-51(64)41-15-12-22-59(56-41)50(63)42(25-32-23-35(34)26-36(60)24-32)55-48(61)46(30(2)3)57(7)49(62)38-18-16-33-13-10-20-54-45(33)38/h11,14,17,19,21,23-24,26-27,30-31,33,38,41-42,45-46,54,56,60H,9-10,12-13,15-16,18,20,22,25,28-29H2,1-8H3,(H,55,61)/t31-,33-,38-,41-,42-,45+,46?/m0/s1. The number of pyridine rings is 1. The van der Waals surface area contributed by atoms with Crippen LogP contribution in [0.15, 0.2) is 54.7 Å². The van der Waals surface area contributed by atoms with Gasteiger partial charge in [-0.15, -0.1) is 0 Å². The third kappa shape index (κ3) is 9.46. The molecular weight excluding hydrogens is 835 g/mol. The number of rotatable bonds is 9. The molecule has 4 aromatic rings. The fraction of sp³-hybridized carbons (Fsp3) is 0.558. The second-order valence-electron chi connectivity index (χ2n) is 20.2. The Morgan fingerprint density at radius 3 is 2.61 bits per heavy atom. The summed E-state index contributed by atoms with van der Waals surface area (Å²) in [4.78, 5) is 64.0. The van der Waals surface area contributed by atoms with Gasteiger partial charge in [0, 0.05) is 67.8 Å². The van der Waals surface area contributed by atoms with Gasteiger partial charge in [0.2, 0.25) is 11.8 Å². The van der Waals surface area contributed by atoms with Crippen LogP contribution < -0.4 is 16.1 Å². The van der Waals surface area contributed by atoms with Gasteiger partial charge in [0.25, 0.3) is 5.91 Å². The molecule has 66 heavy (non-hydrogen) atoms. The lowest BCUT2D eigenvalue weighted by Crippen LogP contribution is -2.62. The summed E-state index contributed by atoms with van der Waals surface area (Å²) in [6, 6.07) is 13.0. The molecule has 8 rings (SSSR count). The molecule has 7 atom stereocenters. The number of aromatic hydroxyl groups is 1. The van der Waals surface area contributed by atoms with Crippen molar-refractivity contribution < 1.29 is 33.8 Å². The Balaban J connectivity index is 1.20. The number of nitrogens with one attached hydrogen (secondary N) is 3. The first kappa shape index (κ1) is 47.2.